The fraction of sp³-hybridized carbons (Fsp3) is 0.455. The zero-order valence-corrected chi connectivity index (χ0v) is 17.6. The third kappa shape index (κ3) is 4.50. The van der Waals surface area contributed by atoms with Gasteiger partial charge in [0.15, 0.2) is 0 Å². The lowest BCUT2D eigenvalue weighted by Gasteiger charge is -2.31. The van der Waals surface area contributed by atoms with Crippen LogP contribution in [0.1, 0.15) is 35.5 Å². The van der Waals surface area contributed by atoms with Crippen LogP contribution in [0.25, 0.3) is 0 Å². The molecule has 160 valence electrons. The second-order valence-electron chi connectivity index (χ2n) is 7.74. The van der Waals surface area contributed by atoms with Crippen LogP contribution in [-0.2, 0) is 27.3 Å². The number of ether oxygens (including phenoxy) is 2. The first-order valence-electron chi connectivity index (χ1n) is 10.2. The average Bonchev–Trinajstić information content (AvgIpc) is 3.39. The van der Waals surface area contributed by atoms with E-state index in [0.717, 1.165) is 17.5 Å². The number of likely N-dealkylation sites (tertiary alicyclic amines) is 1. The number of nitrogens with zero attached hydrogens (tertiary/aromatic N) is 1. The van der Waals surface area contributed by atoms with Gasteiger partial charge in [-0.25, -0.2) is 4.79 Å². The number of carbonyl (C=O) groups is 2. The number of nitrogens with one attached hydrogen (secondary N) is 1. The molecule has 2 aliphatic heterocycles. The molecule has 30 heavy (non-hydrogen) atoms. The summed E-state index contributed by atoms with van der Waals surface area (Å²) in [6.07, 6.45) is -0.491. The number of aliphatic hydroxyl groups is 1. The Hall–Kier alpha value is -2.42. The first-order valence-corrected chi connectivity index (χ1v) is 11.0. The molecule has 1 saturated heterocycles. The Labute approximate surface area is 179 Å². The lowest BCUT2D eigenvalue weighted by molar-refractivity contribution is -0.127. The SMILES string of the molecule is CC(NC(=O)[C@@H]1C[C@@H](O)CN1C(=O)OCc1ccccc1)C1OCCc2sccc21. The van der Waals surface area contributed by atoms with E-state index in [2.05, 4.69) is 5.32 Å². The van der Waals surface area contributed by atoms with Crippen molar-refractivity contribution in [2.75, 3.05) is 13.2 Å². The van der Waals surface area contributed by atoms with E-state index in [9.17, 15) is 14.7 Å². The number of fused-ring (bicyclic) bond motifs is 1. The Morgan fingerprint density at radius 2 is 2.13 bits per heavy atom. The lowest BCUT2D eigenvalue weighted by Crippen LogP contribution is -2.50. The standard InChI is InChI=1S/C22H26N2O5S/c1-14(20-17-8-10-30-19(17)7-9-28-20)23-21(26)18-11-16(25)12-24(18)22(27)29-13-15-5-3-2-4-6-15/h2-6,8,10,14,16,18,20,25H,7,9,11-13H2,1H3,(H,23,26)/t14?,16-,18+,20?/m1/s1. The maximum Gasteiger partial charge on any atom is 0.410 e. The van der Waals surface area contributed by atoms with Gasteiger partial charge in [-0.1, -0.05) is 30.3 Å². The summed E-state index contributed by atoms with van der Waals surface area (Å²) < 4.78 is 11.3. The predicted molar refractivity (Wildman–Crippen MR) is 112 cm³/mol. The van der Waals surface area contributed by atoms with Crippen LogP contribution in [0, 0.1) is 0 Å². The summed E-state index contributed by atoms with van der Waals surface area (Å²) in [7, 11) is 0. The molecule has 2 aliphatic rings. The van der Waals surface area contributed by atoms with Crippen molar-refractivity contribution >= 4 is 23.3 Å². The van der Waals surface area contributed by atoms with E-state index in [1.54, 1.807) is 11.3 Å². The molecule has 1 aromatic heterocycles. The van der Waals surface area contributed by atoms with Crippen molar-refractivity contribution in [1.82, 2.24) is 10.2 Å². The molecule has 1 fully saturated rings. The van der Waals surface area contributed by atoms with E-state index in [4.69, 9.17) is 9.47 Å². The van der Waals surface area contributed by atoms with Gasteiger partial charge >= 0.3 is 6.09 Å². The quantitative estimate of drug-likeness (QED) is 0.761. The number of β-amino-alcohol motifs (C(OH)–C–C–N with tert-alkyl or cyclic N) is 1. The summed E-state index contributed by atoms with van der Waals surface area (Å²) in [5.41, 5.74) is 1.98. The summed E-state index contributed by atoms with van der Waals surface area (Å²) in [5.74, 6) is -0.304. The summed E-state index contributed by atoms with van der Waals surface area (Å²) in [6.45, 7) is 2.72. The Morgan fingerprint density at radius 1 is 1.33 bits per heavy atom. The molecule has 0 saturated carbocycles. The number of hydrogen-bond acceptors (Lipinski definition) is 6. The van der Waals surface area contributed by atoms with Crippen LogP contribution >= 0.6 is 11.3 Å². The van der Waals surface area contributed by atoms with Crippen LogP contribution in [0.5, 0.6) is 0 Å². The van der Waals surface area contributed by atoms with Gasteiger partial charge < -0.3 is 19.9 Å². The van der Waals surface area contributed by atoms with Crippen LogP contribution in [0.4, 0.5) is 4.79 Å². The number of rotatable bonds is 5. The highest BCUT2D eigenvalue weighted by Crippen LogP contribution is 2.33. The first-order chi connectivity index (χ1) is 14.5. The zero-order chi connectivity index (χ0) is 21.1. The molecule has 2 N–H and O–H groups in total. The fourth-order valence-corrected chi connectivity index (χ4v) is 4.95. The molecule has 4 atom stereocenters. The second-order valence-corrected chi connectivity index (χ2v) is 8.74. The van der Waals surface area contributed by atoms with Crippen molar-refractivity contribution < 1.29 is 24.2 Å². The number of hydrogen-bond donors (Lipinski definition) is 2. The van der Waals surface area contributed by atoms with Crippen LogP contribution < -0.4 is 5.32 Å². The third-order valence-electron chi connectivity index (χ3n) is 5.56. The van der Waals surface area contributed by atoms with Crippen molar-refractivity contribution in [3.05, 3.63) is 57.8 Å². The summed E-state index contributed by atoms with van der Waals surface area (Å²) >= 11 is 1.70. The van der Waals surface area contributed by atoms with Crippen LogP contribution in [0.3, 0.4) is 0 Å². The minimum absolute atomic E-state index is 0.0781. The van der Waals surface area contributed by atoms with Gasteiger partial charge in [-0.3, -0.25) is 9.69 Å². The van der Waals surface area contributed by atoms with E-state index in [0.29, 0.717) is 6.61 Å². The van der Waals surface area contributed by atoms with Gasteiger partial charge in [-0.2, -0.15) is 0 Å². The average molecular weight is 431 g/mol. The second kappa shape index (κ2) is 9.16. The summed E-state index contributed by atoms with van der Waals surface area (Å²) in [6, 6.07) is 10.4. The van der Waals surface area contributed by atoms with E-state index in [-0.39, 0.29) is 37.6 Å². The summed E-state index contributed by atoms with van der Waals surface area (Å²) in [5, 5.41) is 15.1. The van der Waals surface area contributed by atoms with Gasteiger partial charge in [0.05, 0.1) is 25.3 Å². The van der Waals surface area contributed by atoms with Crippen LogP contribution in [0.15, 0.2) is 41.8 Å². The first kappa shape index (κ1) is 20.8. The maximum absolute atomic E-state index is 13.0. The van der Waals surface area contributed by atoms with Crippen molar-refractivity contribution in [2.45, 2.75) is 50.7 Å². The molecule has 8 heteroatoms. The minimum atomic E-state index is -0.767. The number of amides is 2. The van der Waals surface area contributed by atoms with E-state index in [1.807, 2.05) is 48.7 Å². The number of benzene rings is 1. The summed E-state index contributed by atoms with van der Waals surface area (Å²) in [4.78, 5) is 28.1. The van der Waals surface area contributed by atoms with Gasteiger partial charge in [0.25, 0.3) is 0 Å². The molecule has 0 aliphatic carbocycles. The van der Waals surface area contributed by atoms with Gasteiger partial charge in [-0.15, -0.1) is 11.3 Å². The molecule has 2 amide bonds. The highest BCUT2D eigenvalue weighted by molar-refractivity contribution is 7.10. The number of aliphatic hydroxyl groups excluding tert-OH is 1. The molecule has 0 radical (unpaired) electrons. The van der Waals surface area contributed by atoms with E-state index in [1.165, 1.54) is 9.78 Å². The topological polar surface area (TPSA) is 88.1 Å². The zero-order valence-electron chi connectivity index (χ0n) is 16.8. The highest BCUT2D eigenvalue weighted by Gasteiger charge is 2.41. The number of carbonyl (C=O) groups excluding carboxylic acids is 2. The lowest BCUT2D eigenvalue weighted by atomic mass is 10.0. The molecular formula is C22H26N2O5S. The predicted octanol–water partition coefficient (Wildman–Crippen LogP) is 2.64. The normalized spacial score (nSPS) is 24.2. The van der Waals surface area contributed by atoms with E-state index >= 15 is 0 Å². The van der Waals surface area contributed by atoms with Crippen LogP contribution in [0.2, 0.25) is 0 Å². The smallest absolute Gasteiger partial charge is 0.410 e. The highest BCUT2D eigenvalue weighted by atomic mass is 32.1. The van der Waals surface area contributed by atoms with Gasteiger partial charge in [0.2, 0.25) is 5.91 Å². The molecule has 7 nitrogen and oxygen atoms in total. The Morgan fingerprint density at radius 3 is 2.93 bits per heavy atom. The molecule has 0 spiro atoms. The monoisotopic (exact) mass is 430 g/mol. The minimum Gasteiger partial charge on any atom is -0.445 e. The Bertz CT molecular complexity index is 887. The van der Waals surface area contributed by atoms with Gasteiger partial charge in [0, 0.05) is 17.7 Å². The molecule has 4 rings (SSSR count). The van der Waals surface area contributed by atoms with Gasteiger partial charge in [0.1, 0.15) is 18.8 Å². The molecule has 2 unspecified atom stereocenters. The number of thiophene rings is 1. The Balaban J connectivity index is 1.38. The molecule has 3 heterocycles. The van der Waals surface area contributed by atoms with Crippen molar-refractivity contribution in [3.63, 3.8) is 0 Å². The van der Waals surface area contributed by atoms with Crippen molar-refractivity contribution in [3.8, 4) is 0 Å². The Kier molecular flexibility index (Phi) is 6.36. The molecule has 0 bridgehead atoms. The van der Waals surface area contributed by atoms with Crippen molar-refractivity contribution in [1.29, 1.82) is 0 Å². The van der Waals surface area contributed by atoms with Crippen LogP contribution in [-0.4, -0.2) is 53.3 Å². The largest absolute Gasteiger partial charge is 0.445 e. The molecule has 1 aromatic carbocycles. The maximum atomic E-state index is 13.0. The van der Waals surface area contributed by atoms with E-state index < -0.39 is 18.2 Å². The fourth-order valence-electron chi connectivity index (χ4n) is 4.05. The molecule has 2 aromatic rings. The van der Waals surface area contributed by atoms with Crippen molar-refractivity contribution in [2.24, 2.45) is 0 Å². The van der Waals surface area contributed by atoms with Gasteiger partial charge in [-0.05, 0) is 29.5 Å². The molecular weight excluding hydrogens is 404 g/mol. The third-order valence-corrected chi connectivity index (χ3v) is 6.55.